The fraction of sp³-hybridized carbons (Fsp3) is 0.462. The van der Waals surface area contributed by atoms with Crippen molar-refractivity contribution in [2.24, 2.45) is 5.92 Å². The van der Waals surface area contributed by atoms with Crippen molar-refractivity contribution in [2.45, 2.75) is 31.8 Å². The van der Waals surface area contributed by atoms with Gasteiger partial charge in [0, 0.05) is 5.92 Å². The van der Waals surface area contributed by atoms with Crippen molar-refractivity contribution in [3.63, 3.8) is 0 Å². The highest BCUT2D eigenvalue weighted by molar-refractivity contribution is 5.53. The molecule has 0 radical (unpaired) electrons. The summed E-state index contributed by atoms with van der Waals surface area (Å²) in [5.74, 6) is 0.654. The molecule has 1 aromatic rings. The summed E-state index contributed by atoms with van der Waals surface area (Å²) >= 11 is 0. The van der Waals surface area contributed by atoms with Crippen LogP contribution in [0.5, 0.6) is 5.75 Å². The minimum Gasteiger partial charge on any atom is -0.490 e. The van der Waals surface area contributed by atoms with E-state index in [9.17, 15) is 9.18 Å². The molecule has 2 nitrogen and oxygen atoms in total. The molecular weight excluding hydrogens is 207 g/mol. The molecule has 1 fully saturated rings. The van der Waals surface area contributed by atoms with Gasteiger partial charge in [0.1, 0.15) is 17.9 Å². The molecule has 86 valence electrons. The second kappa shape index (κ2) is 5.10. The molecule has 0 heterocycles. The van der Waals surface area contributed by atoms with E-state index in [1.54, 1.807) is 12.1 Å². The van der Waals surface area contributed by atoms with Crippen LogP contribution in [-0.4, -0.2) is 12.4 Å². The molecule has 1 aliphatic rings. The van der Waals surface area contributed by atoms with Crippen molar-refractivity contribution in [3.8, 4) is 5.75 Å². The van der Waals surface area contributed by atoms with Crippen molar-refractivity contribution < 1.29 is 13.9 Å². The van der Waals surface area contributed by atoms with Gasteiger partial charge in [-0.3, -0.25) is 0 Å². The average Bonchev–Trinajstić information content (AvgIpc) is 2.33. The quantitative estimate of drug-likeness (QED) is 0.735. The van der Waals surface area contributed by atoms with E-state index >= 15 is 0 Å². The molecule has 0 saturated heterocycles. The van der Waals surface area contributed by atoms with Crippen LogP contribution in [0.15, 0.2) is 24.3 Å². The Balaban J connectivity index is 1.86. The largest absolute Gasteiger partial charge is 0.490 e. The van der Waals surface area contributed by atoms with Gasteiger partial charge in [-0.2, -0.15) is 0 Å². The van der Waals surface area contributed by atoms with Crippen molar-refractivity contribution >= 4 is 6.29 Å². The van der Waals surface area contributed by atoms with Gasteiger partial charge >= 0.3 is 0 Å². The summed E-state index contributed by atoms with van der Waals surface area (Å²) in [5.41, 5.74) is 0. The third kappa shape index (κ3) is 2.81. The molecule has 0 aliphatic heterocycles. The lowest BCUT2D eigenvalue weighted by molar-refractivity contribution is -0.112. The van der Waals surface area contributed by atoms with E-state index in [-0.39, 0.29) is 17.8 Å². The molecule has 0 amide bonds. The van der Waals surface area contributed by atoms with Crippen LogP contribution in [0.1, 0.15) is 25.7 Å². The van der Waals surface area contributed by atoms with Crippen LogP contribution in [-0.2, 0) is 4.79 Å². The van der Waals surface area contributed by atoms with E-state index in [2.05, 4.69) is 0 Å². The van der Waals surface area contributed by atoms with Gasteiger partial charge in [0.25, 0.3) is 0 Å². The van der Waals surface area contributed by atoms with Gasteiger partial charge in [-0.1, -0.05) is 0 Å². The highest BCUT2D eigenvalue weighted by atomic mass is 19.1. The smallest absolute Gasteiger partial charge is 0.123 e. The van der Waals surface area contributed by atoms with E-state index in [0.29, 0.717) is 5.75 Å². The lowest BCUT2D eigenvalue weighted by Gasteiger charge is -2.26. The molecule has 0 bridgehead atoms. The highest BCUT2D eigenvalue weighted by Gasteiger charge is 2.21. The van der Waals surface area contributed by atoms with Gasteiger partial charge in [-0.05, 0) is 49.9 Å². The molecular formula is C13H15FO2. The van der Waals surface area contributed by atoms with Crippen LogP contribution in [0.2, 0.25) is 0 Å². The lowest BCUT2D eigenvalue weighted by Crippen LogP contribution is -2.24. The molecule has 1 aromatic carbocycles. The van der Waals surface area contributed by atoms with Crippen molar-refractivity contribution in [2.75, 3.05) is 0 Å². The van der Waals surface area contributed by atoms with Crippen LogP contribution < -0.4 is 4.74 Å². The Hall–Kier alpha value is -1.38. The molecule has 2 rings (SSSR count). The zero-order valence-corrected chi connectivity index (χ0v) is 9.06. The number of carbonyl (C=O) groups is 1. The van der Waals surface area contributed by atoms with Crippen LogP contribution in [0, 0.1) is 11.7 Å². The molecule has 16 heavy (non-hydrogen) atoms. The van der Waals surface area contributed by atoms with Gasteiger partial charge in [-0.15, -0.1) is 0 Å². The molecule has 0 N–H and O–H groups in total. The molecule has 0 unspecified atom stereocenters. The predicted molar refractivity (Wildman–Crippen MR) is 58.8 cm³/mol. The predicted octanol–water partition coefficient (Wildman–Crippen LogP) is 2.96. The Morgan fingerprint density at radius 1 is 1.12 bits per heavy atom. The van der Waals surface area contributed by atoms with Crippen molar-refractivity contribution in [3.05, 3.63) is 30.1 Å². The maximum Gasteiger partial charge on any atom is 0.123 e. The topological polar surface area (TPSA) is 26.3 Å². The monoisotopic (exact) mass is 222 g/mol. The fourth-order valence-corrected chi connectivity index (χ4v) is 2.05. The molecule has 1 aliphatic carbocycles. The fourth-order valence-electron chi connectivity index (χ4n) is 2.05. The van der Waals surface area contributed by atoms with Gasteiger partial charge in [0.2, 0.25) is 0 Å². The maximum absolute atomic E-state index is 12.7. The zero-order valence-electron chi connectivity index (χ0n) is 9.06. The summed E-state index contributed by atoms with van der Waals surface area (Å²) in [5, 5.41) is 0. The van der Waals surface area contributed by atoms with E-state index in [1.807, 2.05) is 0 Å². The zero-order chi connectivity index (χ0) is 11.4. The number of carbonyl (C=O) groups excluding carboxylic acids is 1. The van der Waals surface area contributed by atoms with Crippen molar-refractivity contribution in [1.82, 2.24) is 0 Å². The molecule has 0 atom stereocenters. The standard InChI is InChI=1S/C13H15FO2/c14-11-3-7-13(8-4-11)16-12-5-1-10(9-15)2-6-12/h3-4,7-10,12H,1-2,5-6H2/t10-,12-. The minimum atomic E-state index is -0.253. The maximum atomic E-state index is 12.7. The van der Waals surface area contributed by atoms with E-state index in [1.165, 1.54) is 12.1 Å². The molecule has 0 spiro atoms. The number of aldehydes is 1. The van der Waals surface area contributed by atoms with Gasteiger partial charge in [0.05, 0.1) is 6.10 Å². The van der Waals surface area contributed by atoms with Crippen LogP contribution in [0.3, 0.4) is 0 Å². The van der Waals surface area contributed by atoms with E-state index in [4.69, 9.17) is 4.74 Å². The van der Waals surface area contributed by atoms with Gasteiger partial charge in [0.15, 0.2) is 0 Å². The first-order valence-electron chi connectivity index (χ1n) is 5.65. The molecule has 0 aromatic heterocycles. The first-order valence-corrected chi connectivity index (χ1v) is 5.65. The average molecular weight is 222 g/mol. The number of benzene rings is 1. The summed E-state index contributed by atoms with van der Waals surface area (Å²) in [4.78, 5) is 10.6. The minimum absolute atomic E-state index is 0.168. The van der Waals surface area contributed by atoms with Gasteiger partial charge in [-0.25, -0.2) is 4.39 Å². The summed E-state index contributed by atoms with van der Waals surface area (Å²) in [6.07, 6.45) is 4.81. The SMILES string of the molecule is O=C[C@H]1CC[C@H](Oc2ccc(F)cc2)CC1. The third-order valence-corrected chi connectivity index (χ3v) is 3.03. The summed E-state index contributed by atoms with van der Waals surface area (Å²) < 4.78 is 18.4. The third-order valence-electron chi connectivity index (χ3n) is 3.03. The van der Waals surface area contributed by atoms with E-state index < -0.39 is 0 Å². The Labute approximate surface area is 94.4 Å². The number of hydrogen-bond acceptors (Lipinski definition) is 2. The summed E-state index contributed by atoms with van der Waals surface area (Å²) in [7, 11) is 0. The normalized spacial score (nSPS) is 25.1. The molecule has 1 saturated carbocycles. The lowest BCUT2D eigenvalue weighted by atomic mass is 9.88. The highest BCUT2D eigenvalue weighted by Crippen LogP contribution is 2.26. The van der Waals surface area contributed by atoms with Crippen LogP contribution >= 0.6 is 0 Å². The Kier molecular flexibility index (Phi) is 3.54. The summed E-state index contributed by atoms with van der Waals surface area (Å²) in [6, 6.07) is 6.07. The number of rotatable bonds is 3. The second-order valence-corrected chi connectivity index (χ2v) is 4.24. The number of ether oxygens (including phenoxy) is 1. The Morgan fingerprint density at radius 3 is 2.31 bits per heavy atom. The van der Waals surface area contributed by atoms with Crippen LogP contribution in [0.4, 0.5) is 4.39 Å². The summed E-state index contributed by atoms with van der Waals surface area (Å²) in [6.45, 7) is 0. The van der Waals surface area contributed by atoms with Gasteiger partial charge < -0.3 is 9.53 Å². The number of halogens is 1. The molecule has 3 heteroatoms. The van der Waals surface area contributed by atoms with Crippen molar-refractivity contribution in [1.29, 1.82) is 0 Å². The van der Waals surface area contributed by atoms with Crippen LogP contribution in [0.25, 0.3) is 0 Å². The number of hydrogen-bond donors (Lipinski definition) is 0. The Morgan fingerprint density at radius 2 is 1.75 bits per heavy atom. The first kappa shape index (κ1) is 11.1. The Bertz CT molecular complexity index is 339. The van der Waals surface area contributed by atoms with E-state index in [0.717, 1.165) is 32.0 Å². The second-order valence-electron chi connectivity index (χ2n) is 4.24. The first-order chi connectivity index (χ1) is 7.78.